The monoisotopic (exact) mass is 242 g/mol. The van der Waals surface area contributed by atoms with Gasteiger partial charge >= 0.3 is 0 Å². The number of aromatic nitrogens is 3. The van der Waals surface area contributed by atoms with Crippen LogP contribution >= 0.6 is 0 Å². The molecule has 0 bridgehead atoms. The fourth-order valence-corrected chi connectivity index (χ4v) is 1.95. The number of benzene rings is 1. The second-order valence-corrected chi connectivity index (χ2v) is 3.95. The van der Waals surface area contributed by atoms with E-state index in [0.717, 1.165) is 16.9 Å². The Hall–Kier alpha value is -2.27. The van der Waals surface area contributed by atoms with Gasteiger partial charge < -0.3 is 5.73 Å². The quantitative estimate of drug-likeness (QED) is 0.747. The van der Waals surface area contributed by atoms with Gasteiger partial charge in [-0.25, -0.2) is 4.39 Å². The van der Waals surface area contributed by atoms with E-state index in [-0.39, 0.29) is 5.82 Å². The van der Waals surface area contributed by atoms with Gasteiger partial charge in [0.15, 0.2) is 11.5 Å². The van der Waals surface area contributed by atoms with Crippen molar-refractivity contribution in [2.75, 3.05) is 0 Å². The van der Waals surface area contributed by atoms with Crippen LogP contribution in [0, 0.1) is 5.82 Å². The van der Waals surface area contributed by atoms with Crippen LogP contribution in [-0.4, -0.2) is 14.6 Å². The SMILES string of the molecule is NCc1cccc2nnc(-c3ccc(F)cc3)n12. The molecule has 18 heavy (non-hydrogen) atoms. The van der Waals surface area contributed by atoms with Gasteiger partial charge in [0.25, 0.3) is 0 Å². The molecule has 0 fully saturated rings. The molecule has 0 spiro atoms. The molecule has 0 aliphatic heterocycles. The molecule has 4 nitrogen and oxygen atoms in total. The number of rotatable bonds is 2. The van der Waals surface area contributed by atoms with E-state index in [1.54, 1.807) is 12.1 Å². The summed E-state index contributed by atoms with van der Waals surface area (Å²) in [4.78, 5) is 0. The van der Waals surface area contributed by atoms with Crippen molar-refractivity contribution < 1.29 is 4.39 Å². The lowest BCUT2D eigenvalue weighted by atomic mass is 10.2. The molecule has 0 aliphatic rings. The Kier molecular flexibility index (Phi) is 2.53. The van der Waals surface area contributed by atoms with E-state index < -0.39 is 0 Å². The number of halogens is 1. The van der Waals surface area contributed by atoms with Crippen LogP contribution in [0.2, 0.25) is 0 Å². The molecule has 2 N–H and O–H groups in total. The average molecular weight is 242 g/mol. The zero-order valence-electron chi connectivity index (χ0n) is 9.55. The Morgan fingerprint density at radius 3 is 2.56 bits per heavy atom. The fourth-order valence-electron chi connectivity index (χ4n) is 1.95. The molecule has 3 rings (SSSR count). The summed E-state index contributed by atoms with van der Waals surface area (Å²) in [5, 5.41) is 8.23. The maximum absolute atomic E-state index is 12.9. The third-order valence-electron chi connectivity index (χ3n) is 2.82. The van der Waals surface area contributed by atoms with Crippen LogP contribution in [0.5, 0.6) is 0 Å². The van der Waals surface area contributed by atoms with Crippen molar-refractivity contribution in [3.05, 3.63) is 54.0 Å². The number of hydrogen-bond acceptors (Lipinski definition) is 3. The van der Waals surface area contributed by atoms with Gasteiger partial charge in [0.05, 0.1) is 0 Å². The first kappa shape index (κ1) is 10.9. The Balaban J connectivity index is 2.26. The summed E-state index contributed by atoms with van der Waals surface area (Å²) >= 11 is 0. The van der Waals surface area contributed by atoms with Crippen molar-refractivity contribution in [3.63, 3.8) is 0 Å². The van der Waals surface area contributed by atoms with E-state index in [2.05, 4.69) is 10.2 Å². The van der Waals surface area contributed by atoms with Gasteiger partial charge in [-0.15, -0.1) is 10.2 Å². The molecule has 0 saturated heterocycles. The van der Waals surface area contributed by atoms with Crippen LogP contribution < -0.4 is 5.73 Å². The van der Waals surface area contributed by atoms with E-state index in [1.165, 1.54) is 12.1 Å². The van der Waals surface area contributed by atoms with Gasteiger partial charge in [-0.3, -0.25) is 4.40 Å². The Morgan fingerprint density at radius 2 is 1.83 bits per heavy atom. The minimum absolute atomic E-state index is 0.272. The highest BCUT2D eigenvalue weighted by molar-refractivity contribution is 5.60. The molecular weight excluding hydrogens is 231 g/mol. The van der Waals surface area contributed by atoms with Gasteiger partial charge in [-0.05, 0) is 36.4 Å². The molecule has 2 heterocycles. The standard InChI is InChI=1S/C13H11FN4/c14-10-6-4-9(5-7-10)13-17-16-12-3-1-2-11(8-15)18(12)13/h1-7H,8,15H2. The van der Waals surface area contributed by atoms with Gasteiger partial charge in [0.2, 0.25) is 0 Å². The molecule has 2 aromatic heterocycles. The van der Waals surface area contributed by atoms with E-state index in [9.17, 15) is 4.39 Å². The van der Waals surface area contributed by atoms with Crippen molar-refractivity contribution in [1.29, 1.82) is 0 Å². The van der Waals surface area contributed by atoms with Gasteiger partial charge in [-0.2, -0.15) is 0 Å². The maximum Gasteiger partial charge on any atom is 0.168 e. The van der Waals surface area contributed by atoms with Crippen LogP contribution in [0.25, 0.3) is 17.0 Å². The van der Waals surface area contributed by atoms with Gasteiger partial charge in [-0.1, -0.05) is 6.07 Å². The van der Waals surface area contributed by atoms with Crippen molar-refractivity contribution in [1.82, 2.24) is 14.6 Å². The highest BCUT2D eigenvalue weighted by Crippen LogP contribution is 2.20. The molecule has 5 heteroatoms. The van der Waals surface area contributed by atoms with Crippen LogP contribution in [-0.2, 0) is 6.54 Å². The van der Waals surface area contributed by atoms with Crippen LogP contribution in [0.4, 0.5) is 4.39 Å². The lowest BCUT2D eigenvalue weighted by molar-refractivity contribution is 0.628. The predicted molar refractivity (Wildman–Crippen MR) is 66.3 cm³/mol. The van der Waals surface area contributed by atoms with Crippen molar-refractivity contribution in [2.45, 2.75) is 6.54 Å². The first-order valence-electron chi connectivity index (χ1n) is 5.58. The summed E-state index contributed by atoms with van der Waals surface area (Å²) in [6.45, 7) is 0.392. The lowest BCUT2D eigenvalue weighted by Crippen LogP contribution is -2.04. The first-order valence-corrected chi connectivity index (χ1v) is 5.58. The zero-order valence-corrected chi connectivity index (χ0v) is 9.55. The molecule has 0 atom stereocenters. The summed E-state index contributed by atoms with van der Waals surface area (Å²) < 4.78 is 14.8. The average Bonchev–Trinajstić information content (AvgIpc) is 2.83. The lowest BCUT2D eigenvalue weighted by Gasteiger charge is -2.05. The second-order valence-electron chi connectivity index (χ2n) is 3.95. The van der Waals surface area contributed by atoms with Crippen molar-refractivity contribution in [2.24, 2.45) is 5.73 Å². The molecule has 0 radical (unpaired) electrons. The third kappa shape index (κ3) is 1.65. The van der Waals surface area contributed by atoms with Crippen molar-refractivity contribution >= 4 is 5.65 Å². The molecule has 90 valence electrons. The summed E-state index contributed by atoms with van der Waals surface area (Å²) in [5.74, 6) is 0.401. The first-order chi connectivity index (χ1) is 8.79. The molecule has 1 aromatic carbocycles. The summed E-state index contributed by atoms with van der Waals surface area (Å²) in [6, 6.07) is 11.8. The number of fused-ring (bicyclic) bond motifs is 1. The number of hydrogen-bond donors (Lipinski definition) is 1. The largest absolute Gasteiger partial charge is 0.325 e. The Bertz CT molecular complexity index is 688. The van der Waals surface area contributed by atoms with E-state index >= 15 is 0 Å². The molecule has 3 aromatic rings. The molecule has 0 saturated carbocycles. The van der Waals surface area contributed by atoms with E-state index in [1.807, 2.05) is 22.6 Å². The van der Waals surface area contributed by atoms with Crippen LogP contribution in [0.3, 0.4) is 0 Å². The van der Waals surface area contributed by atoms with E-state index in [4.69, 9.17) is 5.73 Å². The smallest absolute Gasteiger partial charge is 0.168 e. The normalized spacial score (nSPS) is 11.0. The van der Waals surface area contributed by atoms with Gasteiger partial charge in [0, 0.05) is 17.8 Å². The topological polar surface area (TPSA) is 56.2 Å². The number of nitrogens with two attached hydrogens (primary N) is 1. The predicted octanol–water partition coefficient (Wildman–Crippen LogP) is 1.99. The third-order valence-corrected chi connectivity index (χ3v) is 2.82. The molecule has 0 amide bonds. The number of nitrogens with zero attached hydrogens (tertiary/aromatic N) is 3. The van der Waals surface area contributed by atoms with E-state index in [0.29, 0.717) is 12.4 Å². The Morgan fingerprint density at radius 1 is 1.06 bits per heavy atom. The van der Waals surface area contributed by atoms with Gasteiger partial charge in [0.1, 0.15) is 5.82 Å². The van der Waals surface area contributed by atoms with Crippen LogP contribution in [0.1, 0.15) is 5.69 Å². The molecule has 0 unspecified atom stereocenters. The summed E-state index contributed by atoms with van der Waals surface area (Å²) in [5.41, 5.74) is 8.17. The highest BCUT2D eigenvalue weighted by Gasteiger charge is 2.10. The van der Waals surface area contributed by atoms with Crippen molar-refractivity contribution in [3.8, 4) is 11.4 Å². The fraction of sp³-hybridized carbons (Fsp3) is 0.0769. The molecule has 0 aliphatic carbocycles. The summed E-state index contributed by atoms with van der Waals surface area (Å²) in [7, 11) is 0. The summed E-state index contributed by atoms with van der Waals surface area (Å²) in [6.07, 6.45) is 0. The maximum atomic E-state index is 12.9. The van der Waals surface area contributed by atoms with Crippen LogP contribution in [0.15, 0.2) is 42.5 Å². The zero-order chi connectivity index (χ0) is 12.5. The molecular formula is C13H11FN4. The minimum Gasteiger partial charge on any atom is -0.325 e. The number of pyridine rings is 1. The highest BCUT2D eigenvalue weighted by atomic mass is 19.1. The second kappa shape index (κ2) is 4.19. The Labute approximate surface area is 103 Å². The minimum atomic E-state index is -0.272.